The van der Waals surface area contributed by atoms with Crippen LogP contribution in [0.1, 0.15) is 83.0 Å². The van der Waals surface area contributed by atoms with Gasteiger partial charge in [0.15, 0.2) is 0 Å². The third-order valence-corrected chi connectivity index (χ3v) is 10.6. The zero-order valence-electron chi connectivity index (χ0n) is 21.8. The number of nitrogens with zero attached hydrogens (tertiary/aromatic N) is 1. The van der Waals surface area contributed by atoms with Gasteiger partial charge in [-0.1, -0.05) is 48.9 Å². The first-order valence-electron chi connectivity index (χ1n) is 13.5. The predicted molar refractivity (Wildman–Crippen MR) is 135 cm³/mol. The summed E-state index contributed by atoms with van der Waals surface area (Å²) in [4.78, 5) is 29.0. The molecule has 1 saturated heterocycles. The van der Waals surface area contributed by atoms with E-state index < -0.39 is 5.97 Å². The van der Waals surface area contributed by atoms with Crippen molar-refractivity contribution in [1.29, 1.82) is 0 Å². The monoisotopic (exact) mass is 491 g/mol. The van der Waals surface area contributed by atoms with Crippen molar-refractivity contribution in [2.24, 2.45) is 33.7 Å². The van der Waals surface area contributed by atoms with Crippen LogP contribution in [0.3, 0.4) is 0 Å². The first-order chi connectivity index (χ1) is 17.2. The second-order valence-electron chi connectivity index (χ2n) is 12.2. The Morgan fingerprint density at radius 2 is 1.83 bits per heavy atom. The molecule has 0 bridgehead atoms. The molecule has 8 atom stereocenters. The minimum atomic E-state index is -0.394. The zero-order chi connectivity index (χ0) is 25.3. The molecule has 1 heterocycles. The Hall–Kier alpha value is -2.47. The van der Waals surface area contributed by atoms with Crippen molar-refractivity contribution < 1.29 is 23.9 Å². The first-order valence-corrected chi connectivity index (χ1v) is 13.5. The molecule has 4 fully saturated rings. The number of allylic oxidation sites excluding steroid dienone is 1. The van der Waals surface area contributed by atoms with Crippen LogP contribution < -0.4 is 0 Å². The number of hydrogen-bond acceptors (Lipinski definition) is 6. The molecule has 0 radical (unpaired) electrons. The van der Waals surface area contributed by atoms with Crippen molar-refractivity contribution in [3.8, 4) is 0 Å². The van der Waals surface area contributed by atoms with E-state index in [-0.39, 0.29) is 34.6 Å². The molecule has 0 spiro atoms. The lowest BCUT2D eigenvalue weighted by atomic mass is 9.47. The van der Waals surface area contributed by atoms with E-state index in [0.717, 1.165) is 44.2 Å². The fourth-order valence-corrected chi connectivity index (χ4v) is 8.81. The molecule has 0 aromatic heterocycles. The first kappa shape index (κ1) is 23.9. The Labute approximate surface area is 213 Å². The van der Waals surface area contributed by atoms with Crippen LogP contribution in [0, 0.1) is 28.6 Å². The fourth-order valence-electron chi connectivity index (χ4n) is 8.81. The van der Waals surface area contributed by atoms with Gasteiger partial charge in [0.05, 0.1) is 17.4 Å². The van der Waals surface area contributed by atoms with Gasteiger partial charge in [0.2, 0.25) is 0 Å². The standard InChI is InChI=1S/C30H37NO5/c1-18(31-36-19(2)32)30-26(35-30)17-25-23-11-10-21-16-22(34-27(33)20-8-6-5-7-9-20)12-14-28(21,3)24(23)13-15-29(25,30)4/h5-10,22-26H,11-17H2,1-4H3/b31-18+/t22-,23-,24+,25+,26-,28+,29+,30+/m1/s1. The number of oxime groups is 1. The number of benzene rings is 1. The van der Waals surface area contributed by atoms with E-state index in [1.807, 2.05) is 37.3 Å². The van der Waals surface area contributed by atoms with Gasteiger partial charge in [-0.15, -0.1) is 0 Å². The number of rotatable bonds is 4. The molecular weight excluding hydrogens is 454 g/mol. The Kier molecular flexibility index (Phi) is 5.49. The number of epoxide rings is 1. The van der Waals surface area contributed by atoms with Crippen LogP contribution in [0.4, 0.5) is 0 Å². The van der Waals surface area contributed by atoms with E-state index in [1.54, 1.807) is 0 Å². The van der Waals surface area contributed by atoms with Gasteiger partial charge in [-0.25, -0.2) is 9.59 Å². The van der Waals surface area contributed by atoms with Gasteiger partial charge in [0, 0.05) is 18.8 Å². The highest BCUT2D eigenvalue weighted by Gasteiger charge is 2.78. The maximum Gasteiger partial charge on any atom is 0.338 e. The molecule has 5 aliphatic rings. The highest BCUT2D eigenvalue weighted by molar-refractivity contribution is 5.95. The molecule has 192 valence electrons. The van der Waals surface area contributed by atoms with Crippen LogP contribution in [0.15, 0.2) is 47.1 Å². The maximum atomic E-state index is 12.7. The van der Waals surface area contributed by atoms with E-state index in [4.69, 9.17) is 14.3 Å². The van der Waals surface area contributed by atoms with Crippen LogP contribution in [0.2, 0.25) is 0 Å². The Morgan fingerprint density at radius 1 is 1.06 bits per heavy atom. The van der Waals surface area contributed by atoms with Crippen LogP contribution in [0.25, 0.3) is 0 Å². The largest absolute Gasteiger partial charge is 0.458 e. The van der Waals surface area contributed by atoms with E-state index >= 15 is 0 Å². The highest BCUT2D eigenvalue weighted by Crippen LogP contribution is 2.73. The molecule has 6 rings (SSSR count). The van der Waals surface area contributed by atoms with Gasteiger partial charge in [0.1, 0.15) is 11.7 Å². The minimum absolute atomic E-state index is 0.0106. The van der Waals surface area contributed by atoms with Gasteiger partial charge < -0.3 is 14.3 Å². The molecule has 6 nitrogen and oxygen atoms in total. The highest BCUT2D eigenvalue weighted by atomic mass is 16.7. The topological polar surface area (TPSA) is 77.5 Å². The van der Waals surface area contributed by atoms with Crippen molar-refractivity contribution in [2.45, 2.75) is 90.4 Å². The predicted octanol–water partition coefficient (Wildman–Crippen LogP) is 5.86. The molecule has 4 aliphatic carbocycles. The van der Waals surface area contributed by atoms with Crippen LogP contribution in [0.5, 0.6) is 0 Å². The summed E-state index contributed by atoms with van der Waals surface area (Å²) >= 11 is 0. The van der Waals surface area contributed by atoms with Gasteiger partial charge >= 0.3 is 11.9 Å². The Balaban J connectivity index is 1.20. The number of hydrogen-bond donors (Lipinski definition) is 0. The molecule has 0 N–H and O–H groups in total. The summed E-state index contributed by atoms with van der Waals surface area (Å²) in [5, 5.41) is 4.18. The number of ether oxygens (including phenoxy) is 2. The SMILES string of the molecule is CC(=O)O/N=C(\C)[C@]12O[C@@H]1C[C@H]1[C@@H]3CC=C4C[C@H](OC(=O)c5ccccc5)CC[C@]4(C)[C@H]3CC[C@@]12C. The van der Waals surface area contributed by atoms with Crippen molar-refractivity contribution in [3.05, 3.63) is 47.5 Å². The van der Waals surface area contributed by atoms with Crippen molar-refractivity contribution in [2.75, 3.05) is 0 Å². The molecule has 1 aromatic rings. The van der Waals surface area contributed by atoms with Gasteiger partial charge in [-0.05, 0) is 80.8 Å². The second kappa shape index (κ2) is 8.27. The van der Waals surface area contributed by atoms with Gasteiger partial charge in [-0.3, -0.25) is 0 Å². The molecule has 36 heavy (non-hydrogen) atoms. The third-order valence-electron chi connectivity index (χ3n) is 10.6. The smallest absolute Gasteiger partial charge is 0.338 e. The average Bonchev–Trinajstić information content (AvgIpc) is 3.54. The normalized spacial score (nSPS) is 42.7. The fraction of sp³-hybridized carbons (Fsp3) is 0.633. The molecule has 1 aliphatic heterocycles. The lowest BCUT2D eigenvalue weighted by Gasteiger charge is -2.58. The van der Waals surface area contributed by atoms with E-state index in [0.29, 0.717) is 23.3 Å². The second-order valence-corrected chi connectivity index (χ2v) is 12.2. The number of carbonyl (C=O) groups excluding carboxylic acids is 2. The van der Waals surface area contributed by atoms with Crippen molar-refractivity contribution in [1.82, 2.24) is 0 Å². The molecule has 6 heteroatoms. The lowest BCUT2D eigenvalue weighted by Crippen LogP contribution is -2.54. The minimum Gasteiger partial charge on any atom is -0.458 e. The summed E-state index contributed by atoms with van der Waals surface area (Å²) in [5.74, 6) is 1.22. The molecular formula is C30H37NO5. The number of esters is 1. The summed E-state index contributed by atoms with van der Waals surface area (Å²) in [6.45, 7) is 8.19. The summed E-state index contributed by atoms with van der Waals surface area (Å²) in [7, 11) is 0. The van der Waals surface area contributed by atoms with E-state index in [1.165, 1.54) is 18.9 Å². The van der Waals surface area contributed by atoms with E-state index in [9.17, 15) is 9.59 Å². The van der Waals surface area contributed by atoms with Crippen molar-refractivity contribution in [3.63, 3.8) is 0 Å². The number of fused-ring (bicyclic) bond motifs is 7. The van der Waals surface area contributed by atoms with Crippen LogP contribution >= 0.6 is 0 Å². The summed E-state index contributed by atoms with van der Waals surface area (Å²) < 4.78 is 12.3. The average molecular weight is 492 g/mol. The van der Waals surface area contributed by atoms with E-state index in [2.05, 4.69) is 25.1 Å². The Morgan fingerprint density at radius 3 is 2.58 bits per heavy atom. The van der Waals surface area contributed by atoms with Crippen LogP contribution in [-0.4, -0.2) is 35.5 Å². The van der Waals surface area contributed by atoms with Gasteiger partial charge in [0.25, 0.3) is 0 Å². The molecule has 1 aromatic carbocycles. The number of carbonyl (C=O) groups is 2. The van der Waals surface area contributed by atoms with Gasteiger partial charge in [-0.2, -0.15) is 0 Å². The van der Waals surface area contributed by atoms with Crippen LogP contribution in [-0.2, 0) is 19.1 Å². The lowest BCUT2D eigenvalue weighted by molar-refractivity contribution is -0.141. The molecule has 0 unspecified atom stereocenters. The zero-order valence-corrected chi connectivity index (χ0v) is 21.8. The quantitative estimate of drug-likeness (QED) is 0.132. The maximum absolute atomic E-state index is 12.7. The molecule has 3 saturated carbocycles. The summed E-state index contributed by atoms with van der Waals surface area (Å²) in [6.07, 6.45) is 9.84. The molecule has 0 amide bonds. The summed E-state index contributed by atoms with van der Waals surface area (Å²) in [6, 6.07) is 9.30. The Bertz CT molecular complexity index is 1140. The van der Waals surface area contributed by atoms with Crippen molar-refractivity contribution >= 4 is 17.7 Å². The summed E-state index contributed by atoms with van der Waals surface area (Å²) in [5.41, 5.74) is 2.72. The third kappa shape index (κ3) is 3.36.